The van der Waals surface area contributed by atoms with E-state index in [1.807, 2.05) is 50.2 Å². The lowest BCUT2D eigenvalue weighted by atomic mass is 10.1. The highest BCUT2D eigenvalue weighted by Gasteiger charge is 2.37. The first-order chi connectivity index (χ1) is 19.2. The summed E-state index contributed by atoms with van der Waals surface area (Å²) in [5.74, 6) is -0.838. The molecule has 1 N–H and O–H groups in total. The van der Waals surface area contributed by atoms with Gasteiger partial charge in [-0.25, -0.2) is 9.69 Å². The summed E-state index contributed by atoms with van der Waals surface area (Å²) in [6, 6.07) is 21.6. The second kappa shape index (κ2) is 11.5. The molecule has 4 amide bonds. The van der Waals surface area contributed by atoms with Gasteiger partial charge in [-0.3, -0.25) is 14.9 Å². The highest BCUT2D eigenvalue weighted by Crippen LogP contribution is 2.38. The molecule has 7 nitrogen and oxygen atoms in total. The van der Waals surface area contributed by atoms with Crippen molar-refractivity contribution in [3.05, 3.63) is 105 Å². The predicted octanol–water partition coefficient (Wildman–Crippen LogP) is 7.21. The molecular weight excluding hydrogens is 596 g/mol. The van der Waals surface area contributed by atoms with E-state index in [-0.39, 0.29) is 17.2 Å². The number of nitrogens with zero attached hydrogens (tertiary/aromatic N) is 1. The molecule has 4 aromatic rings. The molecule has 0 saturated carbocycles. The van der Waals surface area contributed by atoms with E-state index in [2.05, 4.69) is 27.3 Å². The number of ether oxygens (including phenoxy) is 2. The molecule has 0 aromatic heterocycles. The van der Waals surface area contributed by atoms with Gasteiger partial charge in [0.25, 0.3) is 11.8 Å². The number of hydrogen-bond acceptors (Lipinski definition) is 5. The van der Waals surface area contributed by atoms with Crippen molar-refractivity contribution < 1.29 is 23.9 Å². The van der Waals surface area contributed by atoms with Gasteiger partial charge in [0.15, 0.2) is 11.5 Å². The number of carbonyl (C=O) groups excluding carboxylic acids is 3. The van der Waals surface area contributed by atoms with Gasteiger partial charge in [0.2, 0.25) is 0 Å². The lowest BCUT2D eigenvalue weighted by Crippen LogP contribution is -2.54. The summed E-state index contributed by atoms with van der Waals surface area (Å²) in [4.78, 5) is 39.5. The number of carbonyl (C=O) groups is 3. The number of fused-ring (bicyclic) bond motifs is 1. The maximum atomic E-state index is 13.3. The molecule has 0 unspecified atom stereocenters. The van der Waals surface area contributed by atoms with E-state index in [0.717, 1.165) is 31.3 Å². The molecule has 0 spiro atoms. The summed E-state index contributed by atoms with van der Waals surface area (Å²) in [6.45, 7) is 4.26. The molecule has 4 aromatic carbocycles. The van der Waals surface area contributed by atoms with Crippen LogP contribution in [0.5, 0.6) is 11.5 Å². The van der Waals surface area contributed by atoms with E-state index < -0.39 is 17.8 Å². The van der Waals surface area contributed by atoms with Gasteiger partial charge < -0.3 is 9.47 Å². The average Bonchev–Trinajstić information content (AvgIpc) is 2.92. The van der Waals surface area contributed by atoms with Crippen molar-refractivity contribution >= 4 is 67.9 Å². The molecule has 1 aliphatic heterocycles. The molecule has 0 aliphatic carbocycles. The van der Waals surface area contributed by atoms with Crippen LogP contribution in [0, 0.1) is 6.92 Å². The van der Waals surface area contributed by atoms with Gasteiger partial charge in [-0.2, -0.15) is 0 Å². The van der Waals surface area contributed by atoms with E-state index >= 15 is 0 Å². The van der Waals surface area contributed by atoms with E-state index in [1.54, 1.807) is 30.3 Å². The largest absolute Gasteiger partial charge is 0.490 e. The van der Waals surface area contributed by atoms with Gasteiger partial charge >= 0.3 is 6.03 Å². The number of aryl methyl sites for hydroxylation is 1. The number of barbiturate groups is 1. The van der Waals surface area contributed by atoms with Crippen LogP contribution >= 0.6 is 27.5 Å². The van der Waals surface area contributed by atoms with Crippen molar-refractivity contribution in [3.63, 3.8) is 0 Å². The van der Waals surface area contributed by atoms with Crippen LogP contribution in [0.3, 0.4) is 0 Å². The molecule has 0 radical (unpaired) electrons. The van der Waals surface area contributed by atoms with Gasteiger partial charge in [-0.15, -0.1) is 0 Å². The van der Waals surface area contributed by atoms with E-state index in [1.165, 1.54) is 6.08 Å². The summed E-state index contributed by atoms with van der Waals surface area (Å²) >= 11 is 10.0. The average molecular weight is 620 g/mol. The maximum Gasteiger partial charge on any atom is 0.335 e. The Kier molecular flexibility index (Phi) is 7.91. The molecule has 40 heavy (non-hydrogen) atoms. The third-order valence-electron chi connectivity index (χ3n) is 6.34. The first-order valence-corrected chi connectivity index (χ1v) is 13.7. The van der Waals surface area contributed by atoms with E-state index in [9.17, 15) is 14.4 Å². The van der Waals surface area contributed by atoms with Crippen LogP contribution < -0.4 is 19.7 Å². The smallest absolute Gasteiger partial charge is 0.335 e. The molecule has 202 valence electrons. The van der Waals surface area contributed by atoms with Crippen molar-refractivity contribution in [2.24, 2.45) is 0 Å². The summed E-state index contributed by atoms with van der Waals surface area (Å²) in [5.41, 5.74) is 2.34. The highest BCUT2D eigenvalue weighted by atomic mass is 79.9. The van der Waals surface area contributed by atoms with Crippen molar-refractivity contribution in [2.45, 2.75) is 20.5 Å². The monoisotopic (exact) mass is 618 g/mol. The number of urea groups is 1. The number of halogens is 2. The van der Waals surface area contributed by atoms with Crippen molar-refractivity contribution in [2.75, 3.05) is 11.5 Å². The van der Waals surface area contributed by atoms with Crippen LogP contribution in [0.15, 0.2) is 82.8 Å². The van der Waals surface area contributed by atoms with Crippen LogP contribution in [-0.2, 0) is 16.2 Å². The standard InChI is InChI=1S/C31H24BrClN2O5/c1-3-39-27-16-20(15-26(33)28(27)40-17-19-8-9-21-6-4-5-7-22(21)13-19)14-24-29(36)34-31(38)35(30(24)37)23-10-11-25(32)18(2)12-23/h4-16H,3,17H2,1-2H3,(H,34,36,38)/b24-14+. The zero-order chi connectivity index (χ0) is 28.4. The third kappa shape index (κ3) is 5.59. The highest BCUT2D eigenvalue weighted by molar-refractivity contribution is 9.10. The number of amides is 4. The first-order valence-electron chi connectivity index (χ1n) is 12.5. The van der Waals surface area contributed by atoms with Crippen LogP contribution in [0.4, 0.5) is 10.5 Å². The number of rotatable bonds is 7. The minimum atomic E-state index is -0.820. The second-order valence-corrected chi connectivity index (χ2v) is 10.4. The minimum Gasteiger partial charge on any atom is -0.490 e. The molecule has 5 rings (SSSR count). The Labute approximate surface area is 244 Å². The Balaban J connectivity index is 1.44. The molecule has 1 fully saturated rings. The lowest BCUT2D eigenvalue weighted by molar-refractivity contribution is -0.122. The van der Waals surface area contributed by atoms with Gasteiger partial charge in [-0.1, -0.05) is 63.9 Å². The Bertz CT molecular complexity index is 1700. The normalized spacial score (nSPS) is 14.6. The second-order valence-electron chi connectivity index (χ2n) is 9.12. The van der Waals surface area contributed by atoms with Gasteiger partial charge in [0, 0.05) is 4.47 Å². The fourth-order valence-electron chi connectivity index (χ4n) is 4.38. The maximum absolute atomic E-state index is 13.3. The fraction of sp³-hybridized carbons (Fsp3) is 0.129. The van der Waals surface area contributed by atoms with Crippen molar-refractivity contribution in [1.82, 2.24) is 5.32 Å². The first kappa shape index (κ1) is 27.4. The topological polar surface area (TPSA) is 84.9 Å². The van der Waals surface area contributed by atoms with Crippen LogP contribution in [0.2, 0.25) is 5.02 Å². The van der Waals surface area contributed by atoms with E-state index in [0.29, 0.717) is 29.4 Å². The quantitative estimate of drug-likeness (QED) is 0.175. The number of benzene rings is 4. The molecule has 0 atom stereocenters. The SMILES string of the molecule is CCOc1cc(/C=C2\C(=O)NC(=O)N(c3ccc(Br)c(C)c3)C2=O)cc(Cl)c1OCc1ccc2ccccc2c1. The van der Waals surface area contributed by atoms with Gasteiger partial charge in [-0.05, 0) is 83.8 Å². The Morgan fingerprint density at radius 1 is 0.950 bits per heavy atom. The number of nitrogens with one attached hydrogen (secondary N) is 1. The van der Waals surface area contributed by atoms with Crippen molar-refractivity contribution in [3.8, 4) is 11.5 Å². The fourth-order valence-corrected chi connectivity index (χ4v) is 4.91. The molecule has 1 saturated heterocycles. The Hall–Kier alpha value is -4.14. The summed E-state index contributed by atoms with van der Waals surface area (Å²) < 4.78 is 12.7. The molecular formula is C31H24BrClN2O5. The van der Waals surface area contributed by atoms with Crippen molar-refractivity contribution in [1.29, 1.82) is 0 Å². The number of anilines is 1. The summed E-state index contributed by atoms with van der Waals surface area (Å²) in [5, 5.41) is 4.72. The zero-order valence-electron chi connectivity index (χ0n) is 21.7. The summed E-state index contributed by atoms with van der Waals surface area (Å²) in [7, 11) is 0. The minimum absolute atomic E-state index is 0.219. The Morgan fingerprint density at radius 3 is 2.48 bits per heavy atom. The van der Waals surface area contributed by atoms with Crippen LogP contribution in [-0.4, -0.2) is 24.5 Å². The van der Waals surface area contributed by atoms with Gasteiger partial charge in [0.1, 0.15) is 12.2 Å². The van der Waals surface area contributed by atoms with Crippen LogP contribution in [0.1, 0.15) is 23.6 Å². The molecule has 0 bridgehead atoms. The molecule has 1 aliphatic rings. The lowest BCUT2D eigenvalue weighted by Gasteiger charge is -2.26. The van der Waals surface area contributed by atoms with Gasteiger partial charge in [0.05, 0.1) is 17.3 Å². The molecule has 1 heterocycles. The van der Waals surface area contributed by atoms with E-state index in [4.69, 9.17) is 21.1 Å². The zero-order valence-corrected chi connectivity index (χ0v) is 24.0. The number of imide groups is 2. The Morgan fingerprint density at radius 2 is 1.73 bits per heavy atom. The molecule has 9 heteroatoms. The van der Waals surface area contributed by atoms with Crippen LogP contribution in [0.25, 0.3) is 16.8 Å². The third-order valence-corrected chi connectivity index (χ3v) is 7.51. The predicted molar refractivity (Wildman–Crippen MR) is 159 cm³/mol. The number of hydrogen-bond donors (Lipinski definition) is 1. The summed E-state index contributed by atoms with van der Waals surface area (Å²) in [6.07, 6.45) is 1.38.